The van der Waals surface area contributed by atoms with Gasteiger partial charge in [-0.3, -0.25) is 4.79 Å². The fraction of sp³-hybridized carbons (Fsp3) is 0.300. The van der Waals surface area contributed by atoms with Crippen molar-refractivity contribution >= 4 is 52.5 Å². The van der Waals surface area contributed by atoms with E-state index < -0.39 is 34.0 Å². The molecule has 0 spiro atoms. The van der Waals surface area contributed by atoms with Crippen LogP contribution in [0.5, 0.6) is 0 Å². The number of benzene rings is 1. The number of nitrogens with zero attached hydrogens (tertiary/aromatic N) is 2. The number of halogens is 1. The first-order chi connectivity index (χ1) is 15.1. The topological polar surface area (TPSA) is 178 Å². The summed E-state index contributed by atoms with van der Waals surface area (Å²) in [4.78, 5) is 30.7. The second-order valence-corrected chi connectivity index (χ2v) is 9.59. The quantitative estimate of drug-likeness (QED) is 0.270. The lowest BCUT2D eigenvalue weighted by Crippen LogP contribution is -2.48. The van der Waals surface area contributed by atoms with E-state index in [1.807, 2.05) is 0 Å². The molecule has 2 aromatic rings. The van der Waals surface area contributed by atoms with Crippen LogP contribution in [0.3, 0.4) is 0 Å². The number of carbonyl (C=O) groups excluding carboxylic acids is 2. The molecule has 1 saturated carbocycles. The van der Waals surface area contributed by atoms with E-state index in [-0.39, 0.29) is 33.1 Å². The summed E-state index contributed by atoms with van der Waals surface area (Å²) in [5.74, 6) is -1.29. The van der Waals surface area contributed by atoms with Crippen molar-refractivity contribution in [1.82, 2.24) is 9.29 Å². The summed E-state index contributed by atoms with van der Waals surface area (Å²) in [7, 11) is -4.44. The Morgan fingerprint density at radius 2 is 1.73 bits per heavy atom. The van der Waals surface area contributed by atoms with Crippen LogP contribution in [0.1, 0.15) is 42.5 Å². The van der Waals surface area contributed by atoms with Gasteiger partial charge < -0.3 is 22.2 Å². The second-order valence-electron chi connectivity index (χ2n) is 7.40. The van der Waals surface area contributed by atoms with E-state index in [9.17, 15) is 18.0 Å². The number of hydrogen-bond acceptors (Lipinski definition) is 5. The summed E-state index contributed by atoms with van der Waals surface area (Å²) in [6, 6.07) is 5.61. The SMILES string of the molecule is Cl.NC(=O)N(C1CCCCC1)S(=O)(=O)c1cc(C(=O)N=C(N)N)ccc1-c1ccc[nH]c1=S. The van der Waals surface area contributed by atoms with E-state index in [0.29, 0.717) is 18.4 Å². The summed E-state index contributed by atoms with van der Waals surface area (Å²) in [6.07, 6.45) is 5.14. The van der Waals surface area contributed by atoms with Crippen LogP contribution in [-0.2, 0) is 10.0 Å². The van der Waals surface area contributed by atoms with Gasteiger partial charge in [0.05, 0.1) is 10.9 Å². The standard InChI is InChI=1S/C20H24N6O4S2.ClH/c21-19(22)25-17(27)12-8-9-14(15-7-4-10-24-18(15)31)16(11-12)32(29,30)26(20(23)28)13-5-2-1-3-6-13;/h4,7-11,13H,1-3,5-6H2,(H2,23,28)(H,24,31)(H4,21,22,25,27);1H. The number of amides is 3. The minimum absolute atomic E-state index is 0. The molecule has 1 aliphatic rings. The van der Waals surface area contributed by atoms with Gasteiger partial charge in [0.15, 0.2) is 5.96 Å². The van der Waals surface area contributed by atoms with E-state index in [1.165, 1.54) is 12.1 Å². The normalized spacial score (nSPS) is 14.1. The molecule has 10 nitrogen and oxygen atoms in total. The zero-order valence-corrected chi connectivity index (χ0v) is 20.0. The molecule has 13 heteroatoms. The summed E-state index contributed by atoms with van der Waals surface area (Å²) in [5.41, 5.74) is 16.7. The summed E-state index contributed by atoms with van der Waals surface area (Å²) >= 11 is 5.32. The molecule has 0 bridgehead atoms. The Kier molecular flexibility index (Phi) is 8.58. The van der Waals surface area contributed by atoms with Gasteiger partial charge in [0, 0.05) is 22.9 Å². The van der Waals surface area contributed by atoms with E-state index in [0.717, 1.165) is 29.6 Å². The van der Waals surface area contributed by atoms with Crippen molar-refractivity contribution in [2.24, 2.45) is 22.2 Å². The Balaban J connectivity index is 0.00000385. The van der Waals surface area contributed by atoms with Crippen LogP contribution in [0.25, 0.3) is 11.1 Å². The van der Waals surface area contributed by atoms with E-state index in [1.54, 1.807) is 18.3 Å². The maximum absolute atomic E-state index is 13.8. The number of primary amides is 1. The predicted octanol–water partition coefficient (Wildman–Crippen LogP) is 2.65. The predicted molar refractivity (Wildman–Crippen MR) is 130 cm³/mol. The number of sulfonamides is 1. The Hall–Kier alpha value is -2.96. The van der Waals surface area contributed by atoms with Crippen LogP contribution >= 0.6 is 24.6 Å². The fourth-order valence-corrected chi connectivity index (χ4v) is 5.85. The number of aromatic amines is 1. The Morgan fingerprint density at radius 1 is 1.06 bits per heavy atom. The highest BCUT2D eigenvalue weighted by atomic mass is 35.5. The molecule has 7 N–H and O–H groups in total. The lowest BCUT2D eigenvalue weighted by atomic mass is 9.96. The van der Waals surface area contributed by atoms with Gasteiger partial charge in [-0.05, 0) is 37.1 Å². The number of nitrogens with two attached hydrogens (primary N) is 3. The van der Waals surface area contributed by atoms with Crippen molar-refractivity contribution in [1.29, 1.82) is 0 Å². The molecule has 0 saturated heterocycles. The summed E-state index contributed by atoms with van der Waals surface area (Å²) in [6.45, 7) is 0. The third-order valence-corrected chi connectivity index (χ3v) is 7.46. The van der Waals surface area contributed by atoms with Crippen LogP contribution in [0, 0.1) is 4.64 Å². The first kappa shape index (κ1) is 26.3. The van der Waals surface area contributed by atoms with Crippen LogP contribution in [0.2, 0.25) is 0 Å². The maximum atomic E-state index is 13.8. The lowest BCUT2D eigenvalue weighted by Gasteiger charge is -2.32. The minimum atomic E-state index is -4.44. The number of hydrogen-bond donors (Lipinski definition) is 4. The van der Waals surface area contributed by atoms with E-state index in [2.05, 4.69) is 9.98 Å². The second kappa shape index (κ2) is 10.8. The molecule has 33 heavy (non-hydrogen) atoms. The van der Waals surface area contributed by atoms with Gasteiger partial charge in [-0.25, -0.2) is 17.5 Å². The van der Waals surface area contributed by atoms with Gasteiger partial charge >= 0.3 is 6.03 Å². The molecule has 3 amide bonds. The molecular weight excluding hydrogens is 488 g/mol. The van der Waals surface area contributed by atoms with Crippen molar-refractivity contribution in [3.05, 3.63) is 46.7 Å². The highest BCUT2D eigenvalue weighted by Gasteiger charge is 2.37. The zero-order chi connectivity index (χ0) is 23.5. The maximum Gasteiger partial charge on any atom is 0.328 e. The van der Waals surface area contributed by atoms with Gasteiger partial charge in [0.25, 0.3) is 15.9 Å². The van der Waals surface area contributed by atoms with Crippen LogP contribution in [-0.4, -0.2) is 41.6 Å². The molecule has 178 valence electrons. The third-order valence-electron chi connectivity index (χ3n) is 5.23. The van der Waals surface area contributed by atoms with E-state index >= 15 is 0 Å². The number of guanidine groups is 1. The average Bonchev–Trinajstić information content (AvgIpc) is 2.73. The van der Waals surface area contributed by atoms with Crippen molar-refractivity contribution in [2.45, 2.75) is 43.0 Å². The number of aliphatic imine (C=N–C) groups is 1. The number of pyridine rings is 1. The summed E-state index contributed by atoms with van der Waals surface area (Å²) in [5, 5.41) is 0. The number of H-pyrrole nitrogens is 1. The number of nitrogens with one attached hydrogen (secondary N) is 1. The van der Waals surface area contributed by atoms with Crippen LogP contribution in [0.4, 0.5) is 4.79 Å². The third kappa shape index (κ3) is 5.70. The van der Waals surface area contributed by atoms with Crippen molar-refractivity contribution in [2.75, 3.05) is 0 Å². The van der Waals surface area contributed by atoms with Crippen molar-refractivity contribution in [3.8, 4) is 11.1 Å². The smallest absolute Gasteiger partial charge is 0.328 e. The van der Waals surface area contributed by atoms with Crippen LogP contribution in [0.15, 0.2) is 46.4 Å². The number of aromatic nitrogens is 1. The summed E-state index contributed by atoms with van der Waals surface area (Å²) < 4.78 is 28.5. The number of carbonyl (C=O) groups is 2. The monoisotopic (exact) mass is 512 g/mol. The van der Waals surface area contributed by atoms with Crippen molar-refractivity contribution in [3.63, 3.8) is 0 Å². The first-order valence-electron chi connectivity index (χ1n) is 9.93. The average molecular weight is 513 g/mol. The minimum Gasteiger partial charge on any atom is -0.370 e. The Bertz CT molecular complexity index is 1240. The molecule has 0 radical (unpaired) electrons. The Morgan fingerprint density at radius 3 is 2.30 bits per heavy atom. The molecule has 1 aromatic carbocycles. The van der Waals surface area contributed by atoms with Gasteiger partial charge in [0.2, 0.25) is 0 Å². The van der Waals surface area contributed by atoms with Gasteiger partial charge in [0.1, 0.15) is 4.64 Å². The van der Waals surface area contributed by atoms with Gasteiger partial charge in [-0.15, -0.1) is 12.4 Å². The molecule has 1 aliphatic carbocycles. The number of urea groups is 1. The van der Waals surface area contributed by atoms with Crippen LogP contribution < -0.4 is 17.2 Å². The molecule has 1 heterocycles. The van der Waals surface area contributed by atoms with Gasteiger partial charge in [-0.1, -0.05) is 37.5 Å². The highest BCUT2D eigenvalue weighted by molar-refractivity contribution is 7.89. The molecule has 3 rings (SSSR count). The van der Waals surface area contributed by atoms with Gasteiger partial charge in [-0.2, -0.15) is 4.99 Å². The lowest BCUT2D eigenvalue weighted by molar-refractivity contribution is 0.100. The largest absolute Gasteiger partial charge is 0.370 e. The fourth-order valence-electron chi connectivity index (χ4n) is 3.82. The highest BCUT2D eigenvalue weighted by Crippen LogP contribution is 2.34. The molecule has 0 aliphatic heterocycles. The first-order valence-corrected chi connectivity index (χ1v) is 11.8. The molecule has 1 aromatic heterocycles. The van der Waals surface area contributed by atoms with E-state index in [4.69, 9.17) is 29.4 Å². The molecule has 0 unspecified atom stereocenters. The molecular formula is C20H25ClN6O4S2. The number of rotatable bonds is 5. The zero-order valence-electron chi connectivity index (χ0n) is 17.6. The molecule has 1 fully saturated rings. The van der Waals surface area contributed by atoms with Crippen molar-refractivity contribution < 1.29 is 18.0 Å². The molecule has 0 atom stereocenters. The Labute approximate surface area is 202 Å².